The third-order valence-electron chi connectivity index (χ3n) is 4.57. The van der Waals surface area contributed by atoms with E-state index in [4.69, 9.17) is 0 Å². The fraction of sp³-hybridized carbons (Fsp3) is 0.300. The highest BCUT2D eigenvalue weighted by Crippen LogP contribution is 2.31. The van der Waals surface area contributed by atoms with Gasteiger partial charge < -0.3 is 15.2 Å². The SMILES string of the molecule is O=C(NCCCn1ccc2ccccc21)c1ccc(NC(=O)C2CC2)s1. The molecule has 0 unspecified atom stereocenters. The molecule has 0 aliphatic heterocycles. The third kappa shape index (κ3) is 3.80. The second kappa shape index (κ2) is 7.33. The van der Waals surface area contributed by atoms with Crippen molar-refractivity contribution < 1.29 is 9.59 Å². The number of amides is 2. The Balaban J connectivity index is 1.25. The van der Waals surface area contributed by atoms with E-state index in [-0.39, 0.29) is 17.7 Å². The number of aryl methyl sites for hydroxylation is 1. The van der Waals surface area contributed by atoms with Crippen LogP contribution in [0.2, 0.25) is 0 Å². The van der Waals surface area contributed by atoms with Crippen LogP contribution in [0.5, 0.6) is 0 Å². The van der Waals surface area contributed by atoms with Crippen LogP contribution >= 0.6 is 11.3 Å². The first-order valence-corrected chi connectivity index (χ1v) is 9.75. The molecule has 1 saturated carbocycles. The van der Waals surface area contributed by atoms with E-state index in [2.05, 4.69) is 39.6 Å². The molecule has 2 amide bonds. The summed E-state index contributed by atoms with van der Waals surface area (Å²) in [6, 6.07) is 14.0. The van der Waals surface area contributed by atoms with Gasteiger partial charge in [-0.15, -0.1) is 11.3 Å². The van der Waals surface area contributed by atoms with Crippen molar-refractivity contribution in [3.8, 4) is 0 Å². The second-order valence-electron chi connectivity index (χ2n) is 6.60. The summed E-state index contributed by atoms with van der Waals surface area (Å²) in [6.07, 6.45) is 4.89. The zero-order chi connectivity index (χ0) is 17.9. The van der Waals surface area contributed by atoms with Gasteiger partial charge in [-0.25, -0.2) is 0 Å². The molecule has 4 rings (SSSR count). The molecule has 0 spiro atoms. The van der Waals surface area contributed by atoms with E-state index in [1.165, 1.54) is 22.2 Å². The highest BCUT2D eigenvalue weighted by molar-refractivity contribution is 7.18. The largest absolute Gasteiger partial charge is 0.351 e. The number of anilines is 1. The van der Waals surface area contributed by atoms with E-state index in [9.17, 15) is 9.59 Å². The van der Waals surface area contributed by atoms with Crippen molar-refractivity contribution in [2.75, 3.05) is 11.9 Å². The zero-order valence-electron chi connectivity index (χ0n) is 14.4. The molecule has 2 N–H and O–H groups in total. The minimum atomic E-state index is -0.0840. The van der Waals surface area contributed by atoms with E-state index in [0.717, 1.165) is 30.8 Å². The van der Waals surface area contributed by atoms with Crippen molar-refractivity contribution in [3.05, 3.63) is 53.5 Å². The molecule has 2 heterocycles. The minimum absolute atomic E-state index is 0.0674. The van der Waals surface area contributed by atoms with Gasteiger partial charge >= 0.3 is 0 Å². The lowest BCUT2D eigenvalue weighted by atomic mass is 10.2. The molecular weight excluding hydrogens is 346 g/mol. The number of nitrogens with one attached hydrogen (secondary N) is 2. The van der Waals surface area contributed by atoms with E-state index in [1.807, 2.05) is 12.1 Å². The number of thiophene rings is 1. The molecule has 0 atom stereocenters. The number of carbonyl (C=O) groups is 2. The third-order valence-corrected chi connectivity index (χ3v) is 5.57. The summed E-state index contributed by atoms with van der Waals surface area (Å²) in [5.74, 6) is 0.149. The van der Waals surface area contributed by atoms with Gasteiger partial charge in [-0.2, -0.15) is 0 Å². The summed E-state index contributed by atoms with van der Waals surface area (Å²) in [6.45, 7) is 1.48. The lowest BCUT2D eigenvalue weighted by molar-refractivity contribution is -0.117. The van der Waals surface area contributed by atoms with Gasteiger partial charge in [0.15, 0.2) is 0 Å². The predicted molar refractivity (Wildman–Crippen MR) is 105 cm³/mol. The normalized spacial score (nSPS) is 13.7. The maximum absolute atomic E-state index is 12.2. The molecule has 26 heavy (non-hydrogen) atoms. The highest BCUT2D eigenvalue weighted by atomic mass is 32.1. The Morgan fingerprint density at radius 2 is 1.96 bits per heavy atom. The van der Waals surface area contributed by atoms with Crippen LogP contribution in [0.4, 0.5) is 5.00 Å². The van der Waals surface area contributed by atoms with Crippen LogP contribution in [0.1, 0.15) is 28.9 Å². The van der Waals surface area contributed by atoms with Gasteiger partial charge in [-0.1, -0.05) is 18.2 Å². The Hall–Kier alpha value is -2.60. The van der Waals surface area contributed by atoms with Crippen molar-refractivity contribution in [1.29, 1.82) is 0 Å². The summed E-state index contributed by atoms with van der Waals surface area (Å²) in [5, 5.41) is 7.81. The number of hydrogen-bond donors (Lipinski definition) is 2. The van der Waals surface area contributed by atoms with Gasteiger partial charge in [0.25, 0.3) is 5.91 Å². The average molecular weight is 367 g/mol. The zero-order valence-corrected chi connectivity index (χ0v) is 15.2. The minimum Gasteiger partial charge on any atom is -0.351 e. The maximum atomic E-state index is 12.2. The molecule has 5 nitrogen and oxygen atoms in total. The maximum Gasteiger partial charge on any atom is 0.261 e. The first-order chi connectivity index (χ1) is 12.7. The summed E-state index contributed by atoms with van der Waals surface area (Å²) >= 11 is 1.32. The van der Waals surface area contributed by atoms with Crippen molar-refractivity contribution in [2.45, 2.75) is 25.8 Å². The van der Waals surface area contributed by atoms with Crippen molar-refractivity contribution >= 4 is 39.1 Å². The molecule has 3 aromatic rings. The average Bonchev–Trinajstić information content (AvgIpc) is 3.28. The summed E-state index contributed by atoms with van der Waals surface area (Å²) in [5.41, 5.74) is 1.22. The van der Waals surface area contributed by atoms with Crippen LogP contribution in [0.3, 0.4) is 0 Å². The molecule has 6 heteroatoms. The number of para-hydroxylation sites is 1. The van der Waals surface area contributed by atoms with Crippen molar-refractivity contribution in [2.24, 2.45) is 5.92 Å². The Bertz CT molecular complexity index is 939. The number of benzene rings is 1. The van der Waals surface area contributed by atoms with Crippen LogP contribution < -0.4 is 10.6 Å². The highest BCUT2D eigenvalue weighted by Gasteiger charge is 2.29. The number of rotatable bonds is 7. The molecular formula is C20H21N3O2S. The molecule has 0 radical (unpaired) electrons. The molecule has 0 saturated heterocycles. The van der Waals surface area contributed by atoms with E-state index in [0.29, 0.717) is 11.4 Å². The van der Waals surface area contributed by atoms with Gasteiger partial charge in [-0.3, -0.25) is 9.59 Å². The van der Waals surface area contributed by atoms with Crippen molar-refractivity contribution in [1.82, 2.24) is 9.88 Å². The summed E-state index contributed by atoms with van der Waals surface area (Å²) < 4.78 is 2.21. The van der Waals surface area contributed by atoms with Crippen molar-refractivity contribution in [3.63, 3.8) is 0 Å². The molecule has 134 valence electrons. The lowest BCUT2D eigenvalue weighted by Gasteiger charge is -2.06. The van der Waals surface area contributed by atoms with Crippen LogP contribution in [0, 0.1) is 5.92 Å². The van der Waals surface area contributed by atoms with E-state index >= 15 is 0 Å². The number of fused-ring (bicyclic) bond motifs is 1. The van der Waals surface area contributed by atoms with Crippen LogP contribution in [0.15, 0.2) is 48.7 Å². The van der Waals surface area contributed by atoms with Gasteiger partial charge in [-0.05, 0) is 48.9 Å². The second-order valence-corrected chi connectivity index (χ2v) is 7.69. The number of hydrogen-bond acceptors (Lipinski definition) is 3. The number of carbonyl (C=O) groups excluding carboxylic acids is 2. The van der Waals surface area contributed by atoms with Crippen LogP contribution in [0.25, 0.3) is 10.9 Å². The Labute approximate surface area is 156 Å². The van der Waals surface area contributed by atoms with Gasteiger partial charge in [0, 0.05) is 30.7 Å². The van der Waals surface area contributed by atoms with Gasteiger partial charge in [0.1, 0.15) is 0 Å². The fourth-order valence-corrected chi connectivity index (χ4v) is 3.80. The molecule has 1 aliphatic carbocycles. The van der Waals surface area contributed by atoms with Crippen LogP contribution in [-0.2, 0) is 11.3 Å². The molecule has 0 bridgehead atoms. The Kier molecular flexibility index (Phi) is 4.75. The number of aromatic nitrogens is 1. The summed E-state index contributed by atoms with van der Waals surface area (Å²) in [4.78, 5) is 24.6. The first-order valence-electron chi connectivity index (χ1n) is 8.93. The predicted octanol–water partition coefficient (Wildman–Crippen LogP) is 3.87. The first kappa shape index (κ1) is 16.8. The smallest absolute Gasteiger partial charge is 0.261 e. The van der Waals surface area contributed by atoms with E-state index < -0.39 is 0 Å². The fourth-order valence-electron chi connectivity index (χ4n) is 2.97. The molecule has 1 aliphatic rings. The van der Waals surface area contributed by atoms with E-state index in [1.54, 1.807) is 12.1 Å². The standard InChI is InChI=1S/C20H21N3O2S/c24-19(15-6-7-15)22-18-9-8-17(26-18)20(25)21-11-3-12-23-13-10-14-4-1-2-5-16(14)23/h1-2,4-5,8-10,13,15H,3,6-7,11-12H2,(H,21,25)(H,22,24). The van der Waals surface area contributed by atoms with Gasteiger partial charge in [0.05, 0.1) is 9.88 Å². The molecule has 2 aromatic heterocycles. The summed E-state index contributed by atoms with van der Waals surface area (Å²) in [7, 11) is 0. The quantitative estimate of drug-likeness (QED) is 0.623. The van der Waals surface area contributed by atoms with Gasteiger partial charge in [0.2, 0.25) is 5.91 Å². The Morgan fingerprint density at radius 3 is 2.81 bits per heavy atom. The lowest BCUT2D eigenvalue weighted by Crippen LogP contribution is -2.24. The monoisotopic (exact) mass is 367 g/mol. The molecule has 1 aromatic carbocycles. The van der Waals surface area contributed by atoms with Crippen LogP contribution in [-0.4, -0.2) is 22.9 Å². The topological polar surface area (TPSA) is 63.1 Å². The number of nitrogens with zero attached hydrogens (tertiary/aromatic N) is 1. The molecule has 1 fully saturated rings. The Morgan fingerprint density at radius 1 is 1.12 bits per heavy atom.